The summed E-state index contributed by atoms with van der Waals surface area (Å²) in [6, 6.07) is 11.9. The van der Waals surface area contributed by atoms with Crippen molar-refractivity contribution in [3.63, 3.8) is 0 Å². The predicted octanol–water partition coefficient (Wildman–Crippen LogP) is 3.64. The molecule has 2 aromatic heterocycles. The summed E-state index contributed by atoms with van der Waals surface area (Å²) in [6.07, 6.45) is 0. The SMILES string of the molecule is Cc1nc2ccccc2n1-c1nc(N)nc(Nc2ccc(Cl)c(F)c2)n1. The Morgan fingerprint density at radius 2 is 1.88 bits per heavy atom. The summed E-state index contributed by atoms with van der Waals surface area (Å²) < 4.78 is 15.4. The topological polar surface area (TPSA) is 94.5 Å². The molecule has 0 spiro atoms. The van der Waals surface area contributed by atoms with Gasteiger partial charge in [-0.1, -0.05) is 23.7 Å². The van der Waals surface area contributed by atoms with Crippen LogP contribution in [0.4, 0.5) is 22.0 Å². The van der Waals surface area contributed by atoms with Gasteiger partial charge >= 0.3 is 0 Å². The van der Waals surface area contributed by atoms with Crippen LogP contribution in [0.5, 0.6) is 0 Å². The van der Waals surface area contributed by atoms with Crippen molar-refractivity contribution in [2.24, 2.45) is 0 Å². The maximum absolute atomic E-state index is 13.6. The van der Waals surface area contributed by atoms with Gasteiger partial charge in [-0.25, -0.2) is 9.37 Å². The molecule has 130 valence electrons. The summed E-state index contributed by atoms with van der Waals surface area (Å²) in [5.41, 5.74) is 7.94. The van der Waals surface area contributed by atoms with Crippen molar-refractivity contribution in [1.82, 2.24) is 24.5 Å². The first-order chi connectivity index (χ1) is 12.5. The van der Waals surface area contributed by atoms with Crippen LogP contribution in [0.3, 0.4) is 0 Å². The van der Waals surface area contributed by atoms with Crippen LogP contribution in [-0.4, -0.2) is 24.5 Å². The van der Waals surface area contributed by atoms with Crippen LogP contribution >= 0.6 is 11.6 Å². The number of nitrogen functional groups attached to an aromatic ring is 1. The molecule has 3 N–H and O–H groups in total. The highest BCUT2D eigenvalue weighted by Crippen LogP contribution is 2.23. The van der Waals surface area contributed by atoms with Gasteiger partial charge in [-0.15, -0.1) is 0 Å². The lowest BCUT2D eigenvalue weighted by atomic mass is 10.3. The number of anilines is 3. The van der Waals surface area contributed by atoms with Crippen molar-refractivity contribution in [2.45, 2.75) is 6.92 Å². The quantitative estimate of drug-likeness (QED) is 0.572. The van der Waals surface area contributed by atoms with E-state index in [0.717, 1.165) is 11.0 Å². The monoisotopic (exact) mass is 369 g/mol. The normalized spacial score (nSPS) is 11.0. The summed E-state index contributed by atoms with van der Waals surface area (Å²) in [5.74, 6) is 0.701. The Kier molecular flexibility index (Phi) is 3.89. The number of nitrogens with two attached hydrogens (primary N) is 1. The van der Waals surface area contributed by atoms with E-state index in [2.05, 4.69) is 25.3 Å². The fourth-order valence-corrected chi connectivity index (χ4v) is 2.76. The maximum Gasteiger partial charge on any atom is 0.242 e. The van der Waals surface area contributed by atoms with E-state index in [1.165, 1.54) is 12.1 Å². The predicted molar refractivity (Wildman–Crippen MR) is 98.3 cm³/mol. The summed E-state index contributed by atoms with van der Waals surface area (Å²) in [6.45, 7) is 1.85. The van der Waals surface area contributed by atoms with E-state index < -0.39 is 5.82 Å². The van der Waals surface area contributed by atoms with E-state index in [4.69, 9.17) is 17.3 Å². The molecule has 2 heterocycles. The second-order valence-electron chi connectivity index (χ2n) is 5.55. The van der Waals surface area contributed by atoms with Crippen LogP contribution in [0.2, 0.25) is 5.02 Å². The minimum Gasteiger partial charge on any atom is -0.368 e. The maximum atomic E-state index is 13.6. The lowest BCUT2D eigenvalue weighted by molar-refractivity contribution is 0.629. The zero-order chi connectivity index (χ0) is 18.3. The summed E-state index contributed by atoms with van der Waals surface area (Å²) in [5, 5.41) is 2.94. The molecule has 0 aliphatic rings. The number of nitrogens with one attached hydrogen (secondary N) is 1. The number of para-hydroxylation sites is 2. The molecule has 0 aliphatic heterocycles. The zero-order valence-electron chi connectivity index (χ0n) is 13.6. The number of nitrogens with zero attached hydrogens (tertiary/aromatic N) is 5. The molecular formula is C17H13ClFN7. The third kappa shape index (κ3) is 2.91. The number of aryl methyl sites for hydroxylation is 1. The molecule has 0 bridgehead atoms. The van der Waals surface area contributed by atoms with Crippen LogP contribution in [-0.2, 0) is 0 Å². The van der Waals surface area contributed by atoms with Crippen molar-refractivity contribution < 1.29 is 4.39 Å². The fourth-order valence-electron chi connectivity index (χ4n) is 2.64. The molecule has 0 saturated heterocycles. The number of aromatic nitrogens is 5. The van der Waals surface area contributed by atoms with Crippen LogP contribution in [0.1, 0.15) is 5.82 Å². The van der Waals surface area contributed by atoms with Crippen LogP contribution < -0.4 is 11.1 Å². The van der Waals surface area contributed by atoms with E-state index in [-0.39, 0.29) is 16.9 Å². The van der Waals surface area contributed by atoms with Gasteiger partial charge in [0, 0.05) is 5.69 Å². The van der Waals surface area contributed by atoms with E-state index in [1.807, 2.05) is 31.2 Å². The molecule has 26 heavy (non-hydrogen) atoms. The van der Waals surface area contributed by atoms with Gasteiger partial charge in [-0.3, -0.25) is 4.57 Å². The second-order valence-corrected chi connectivity index (χ2v) is 5.96. The molecule has 2 aromatic carbocycles. The van der Waals surface area contributed by atoms with Gasteiger partial charge in [0.1, 0.15) is 11.6 Å². The molecule has 7 nitrogen and oxygen atoms in total. The molecule has 0 atom stereocenters. The first-order valence-corrected chi connectivity index (χ1v) is 8.07. The van der Waals surface area contributed by atoms with Gasteiger partial charge in [-0.05, 0) is 37.3 Å². The van der Waals surface area contributed by atoms with Crippen LogP contribution in [0.15, 0.2) is 42.5 Å². The highest BCUT2D eigenvalue weighted by molar-refractivity contribution is 6.30. The third-order valence-corrected chi connectivity index (χ3v) is 4.05. The average Bonchev–Trinajstić information content (AvgIpc) is 2.93. The molecule has 4 aromatic rings. The Morgan fingerprint density at radius 3 is 2.69 bits per heavy atom. The fraction of sp³-hybridized carbons (Fsp3) is 0.0588. The molecule has 0 aliphatic carbocycles. The van der Waals surface area contributed by atoms with E-state index >= 15 is 0 Å². The minimum absolute atomic E-state index is 0.0316. The molecule has 0 unspecified atom stereocenters. The summed E-state index contributed by atoms with van der Waals surface area (Å²) >= 11 is 5.70. The van der Waals surface area contributed by atoms with E-state index in [1.54, 1.807) is 10.6 Å². The lowest BCUT2D eigenvalue weighted by Crippen LogP contribution is -2.10. The van der Waals surface area contributed by atoms with Gasteiger partial charge in [0.15, 0.2) is 0 Å². The van der Waals surface area contributed by atoms with Crippen molar-refractivity contribution >= 4 is 40.2 Å². The Morgan fingerprint density at radius 1 is 1.08 bits per heavy atom. The van der Waals surface area contributed by atoms with Crippen molar-refractivity contribution in [1.29, 1.82) is 0 Å². The van der Waals surface area contributed by atoms with Gasteiger partial charge in [0.25, 0.3) is 0 Å². The largest absolute Gasteiger partial charge is 0.368 e. The molecular weight excluding hydrogens is 357 g/mol. The van der Waals surface area contributed by atoms with Crippen molar-refractivity contribution in [2.75, 3.05) is 11.1 Å². The highest BCUT2D eigenvalue weighted by Gasteiger charge is 2.14. The summed E-state index contributed by atoms with van der Waals surface area (Å²) in [4.78, 5) is 17.1. The van der Waals surface area contributed by atoms with Crippen molar-refractivity contribution in [3.05, 3.63) is 59.1 Å². The number of hydrogen-bond donors (Lipinski definition) is 2. The zero-order valence-corrected chi connectivity index (χ0v) is 14.4. The number of hydrogen-bond acceptors (Lipinski definition) is 6. The van der Waals surface area contributed by atoms with Gasteiger partial charge < -0.3 is 11.1 Å². The number of fused-ring (bicyclic) bond motifs is 1. The van der Waals surface area contributed by atoms with Crippen LogP contribution in [0, 0.1) is 12.7 Å². The van der Waals surface area contributed by atoms with Crippen molar-refractivity contribution in [3.8, 4) is 5.95 Å². The second kappa shape index (κ2) is 6.23. The number of halogens is 2. The first-order valence-electron chi connectivity index (χ1n) is 7.69. The Balaban J connectivity index is 1.79. The summed E-state index contributed by atoms with van der Waals surface area (Å²) in [7, 11) is 0. The molecule has 0 amide bonds. The number of benzene rings is 2. The first kappa shape index (κ1) is 16.2. The van der Waals surface area contributed by atoms with Gasteiger partial charge in [0.05, 0.1) is 16.1 Å². The number of imidazole rings is 1. The van der Waals surface area contributed by atoms with Gasteiger partial charge in [-0.2, -0.15) is 15.0 Å². The molecule has 4 rings (SSSR count). The lowest BCUT2D eigenvalue weighted by Gasteiger charge is -2.09. The van der Waals surface area contributed by atoms with E-state index in [9.17, 15) is 4.39 Å². The smallest absolute Gasteiger partial charge is 0.242 e. The Bertz CT molecular complexity index is 1130. The average molecular weight is 370 g/mol. The molecule has 0 fully saturated rings. The molecule has 9 heteroatoms. The standard InChI is InChI=1S/C17H13ClFN7/c1-9-21-13-4-2-3-5-14(13)26(9)17-24-15(20)23-16(25-17)22-10-6-7-11(18)12(19)8-10/h2-8H,1H3,(H3,20,22,23,24,25). The third-order valence-electron chi connectivity index (χ3n) is 3.75. The molecule has 0 radical (unpaired) electrons. The van der Waals surface area contributed by atoms with Crippen LogP contribution in [0.25, 0.3) is 17.0 Å². The Labute approximate surface area is 152 Å². The number of rotatable bonds is 3. The highest BCUT2D eigenvalue weighted by atomic mass is 35.5. The van der Waals surface area contributed by atoms with E-state index in [0.29, 0.717) is 17.5 Å². The van der Waals surface area contributed by atoms with Gasteiger partial charge in [0.2, 0.25) is 17.8 Å². The molecule has 0 saturated carbocycles. The minimum atomic E-state index is -0.546. The Hall–Kier alpha value is -3.26.